The van der Waals surface area contributed by atoms with Gasteiger partial charge >= 0.3 is 5.97 Å². The minimum atomic E-state index is -0.512. The number of fused-ring (bicyclic) bond motifs is 1. The van der Waals surface area contributed by atoms with Crippen molar-refractivity contribution in [1.82, 2.24) is 14.9 Å². The number of nitrogens with one attached hydrogen (secondary N) is 2. The van der Waals surface area contributed by atoms with Crippen LogP contribution in [0.4, 0.5) is 21.6 Å². The quantitative estimate of drug-likeness (QED) is 0.417. The van der Waals surface area contributed by atoms with Gasteiger partial charge < -0.3 is 15.4 Å². The number of carbonyl (C=O) groups excluding carboxylic acids is 2. The van der Waals surface area contributed by atoms with E-state index in [0.717, 1.165) is 0 Å². The second-order valence-electron chi connectivity index (χ2n) is 7.59. The Balaban J connectivity index is 1.44. The summed E-state index contributed by atoms with van der Waals surface area (Å²) in [6.45, 7) is 3.12. The van der Waals surface area contributed by atoms with E-state index in [1.807, 2.05) is 11.8 Å². The van der Waals surface area contributed by atoms with Gasteiger partial charge in [-0.25, -0.2) is 14.4 Å². The van der Waals surface area contributed by atoms with E-state index in [9.17, 15) is 14.0 Å². The molecule has 4 rings (SSSR count). The summed E-state index contributed by atoms with van der Waals surface area (Å²) in [7, 11) is 0. The third-order valence-corrected chi connectivity index (χ3v) is 5.21. The summed E-state index contributed by atoms with van der Waals surface area (Å²) < 4.78 is 18.5. The highest BCUT2D eigenvalue weighted by Crippen LogP contribution is 2.27. The number of amides is 1. The van der Waals surface area contributed by atoms with Crippen LogP contribution in [0.15, 0.2) is 54.9 Å². The number of nitrogens with zero attached hydrogens (tertiary/aromatic N) is 3. The van der Waals surface area contributed by atoms with Gasteiger partial charge in [0.25, 0.3) is 0 Å². The van der Waals surface area contributed by atoms with Crippen molar-refractivity contribution >= 4 is 51.6 Å². The average Bonchev–Trinajstić information content (AvgIpc) is 2.76. The van der Waals surface area contributed by atoms with Gasteiger partial charge in [0.15, 0.2) is 0 Å². The van der Waals surface area contributed by atoms with Gasteiger partial charge in [-0.05, 0) is 43.3 Å². The minimum absolute atomic E-state index is 0.00555. The van der Waals surface area contributed by atoms with Crippen LogP contribution in [0.1, 0.15) is 6.92 Å². The molecule has 33 heavy (non-hydrogen) atoms. The Morgan fingerprint density at radius 1 is 1.27 bits per heavy atom. The van der Waals surface area contributed by atoms with Gasteiger partial charge in [0.05, 0.1) is 17.1 Å². The lowest BCUT2D eigenvalue weighted by Crippen LogP contribution is -2.44. The standard InChI is InChI=1S/C23H21ClFN5O3/c1-14-11-30(12-22(32)33-14)8-2-3-21(31)28-15-5-7-20-17(9-15)23(27-13-26-20)29-16-4-6-19(25)18(24)10-16/h2-7,9-10,13-14H,8,11-12H2,1H3,(H,28,31)(H,26,27,29)/b3-2+/t14-/m1/s1. The number of rotatable bonds is 6. The predicted octanol–water partition coefficient (Wildman–Crippen LogP) is 3.91. The van der Waals surface area contributed by atoms with Crippen molar-refractivity contribution in [3.05, 3.63) is 65.7 Å². The Morgan fingerprint density at radius 2 is 2.09 bits per heavy atom. The second kappa shape index (κ2) is 9.93. The molecule has 1 aliphatic rings. The number of anilines is 3. The monoisotopic (exact) mass is 469 g/mol. The molecule has 0 saturated carbocycles. The van der Waals surface area contributed by atoms with Crippen LogP contribution >= 0.6 is 11.6 Å². The fraction of sp³-hybridized carbons (Fsp3) is 0.217. The number of benzene rings is 2. The lowest BCUT2D eigenvalue weighted by molar-refractivity contribution is -0.156. The van der Waals surface area contributed by atoms with Crippen molar-refractivity contribution in [1.29, 1.82) is 0 Å². The molecule has 8 nitrogen and oxygen atoms in total. The minimum Gasteiger partial charge on any atom is -0.460 e. The molecule has 10 heteroatoms. The van der Waals surface area contributed by atoms with Gasteiger partial charge in [-0.2, -0.15) is 0 Å². The van der Waals surface area contributed by atoms with Gasteiger partial charge in [-0.3, -0.25) is 14.5 Å². The largest absolute Gasteiger partial charge is 0.460 e. The number of morpholine rings is 1. The van der Waals surface area contributed by atoms with Crippen LogP contribution in [-0.2, 0) is 14.3 Å². The van der Waals surface area contributed by atoms with E-state index in [0.29, 0.717) is 41.2 Å². The molecule has 2 N–H and O–H groups in total. The first-order valence-corrected chi connectivity index (χ1v) is 10.6. The van der Waals surface area contributed by atoms with Gasteiger partial charge in [0.2, 0.25) is 5.91 Å². The summed E-state index contributed by atoms with van der Waals surface area (Å²) in [5.74, 6) is -0.598. The molecule has 2 heterocycles. The molecule has 1 amide bonds. The molecule has 0 spiro atoms. The first-order valence-electron chi connectivity index (χ1n) is 10.2. The van der Waals surface area contributed by atoms with Crippen molar-refractivity contribution in [2.75, 3.05) is 30.3 Å². The van der Waals surface area contributed by atoms with Gasteiger partial charge in [0, 0.05) is 35.9 Å². The Hall–Kier alpha value is -3.56. The summed E-state index contributed by atoms with van der Waals surface area (Å²) >= 11 is 5.86. The molecule has 1 saturated heterocycles. The summed E-state index contributed by atoms with van der Waals surface area (Å²) in [5, 5.41) is 6.57. The second-order valence-corrected chi connectivity index (χ2v) is 8.00. The summed E-state index contributed by atoms with van der Waals surface area (Å²) in [5.41, 5.74) is 1.79. The molecular formula is C23H21ClFN5O3. The van der Waals surface area contributed by atoms with E-state index in [1.165, 1.54) is 24.5 Å². The fourth-order valence-corrected chi connectivity index (χ4v) is 3.67. The first kappa shape index (κ1) is 22.6. The maximum atomic E-state index is 13.4. The van der Waals surface area contributed by atoms with Crippen LogP contribution < -0.4 is 10.6 Å². The molecule has 1 fully saturated rings. The predicted molar refractivity (Wildman–Crippen MR) is 124 cm³/mol. The Labute approximate surface area is 194 Å². The normalized spacial score (nSPS) is 16.7. The maximum absolute atomic E-state index is 13.4. The van der Waals surface area contributed by atoms with E-state index in [4.69, 9.17) is 16.3 Å². The Morgan fingerprint density at radius 3 is 2.88 bits per heavy atom. The average molecular weight is 470 g/mol. The number of hydrogen-bond acceptors (Lipinski definition) is 7. The number of carbonyl (C=O) groups is 2. The Bertz CT molecular complexity index is 1240. The first-order chi connectivity index (χ1) is 15.9. The van der Waals surface area contributed by atoms with Gasteiger partial charge in [-0.15, -0.1) is 0 Å². The lowest BCUT2D eigenvalue weighted by Gasteiger charge is -2.29. The molecule has 0 aliphatic carbocycles. The van der Waals surface area contributed by atoms with E-state index < -0.39 is 5.82 Å². The van der Waals surface area contributed by atoms with Crippen LogP contribution in [0.5, 0.6) is 0 Å². The van der Waals surface area contributed by atoms with Crippen LogP contribution in [0.2, 0.25) is 5.02 Å². The van der Waals surface area contributed by atoms with Crippen LogP contribution in [0, 0.1) is 5.82 Å². The van der Waals surface area contributed by atoms with E-state index in [1.54, 1.807) is 30.3 Å². The summed E-state index contributed by atoms with van der Waals surface area (Å²) in [4.78, 5) is 34.3. The maximum Gasteiger partial charge on any atom is 0.320 e. The van der Waals surface area contributed by atoms with Crippen LogP contribution in [0.3, 0.4) is 0 Å². The molecule has 1 aliphatic heterocycles. The summed E-state index contributed by atoms with van der Waals surface area (Å²) in [6, 6.07) is 9.52. The highest BCUT2D eigenvalue weighted by Gasteiger charge is 2.22. The lowest BCUT2D eigenvalue weighted by atomic mass is 10.2. The topological polar surface area (TPSA) is 96.5 Å². The SMILES string of the molecule is C[C@@H]1CN(C/C=C/C(=O)Nc2ccc3ncnc(Nc4ccc(F)c(Cl)c4)c3c2)CC(=O)O1. The number of ether oxygens (including phenoxy) is 1. The molecule has 3 aromatic rings. The van der Waals surface area contributed by atoms with Crippen molar-refractivity contribution in [2.45, 2.75) is 13.0 Å². The van der Waals surface area contributed by atoms with Gasteiger partial charge in [-0.1, -0.05) is 17.7 Å². The molecular weight excluding hydrogens is 449 g/mol. The number of esters is 1. The molecule has 0 unspecified atom stereocenters. The zero-order valence-corrected chi connectivity index (χ0v) is 18.5. The van der Waals surface area contributed by atoms with Crippen molar-refractivity contribution in [3.8, 4) is 0 Å². The number of hydrogen-bond donors (Lipinski definition) is 2. The third kappa shape index (κ3) is 5.82. The molecule has 2 aromatic carbocycles. The highest BCUT2D eigenvalue weighted by molar-refractivity contribution is 6.31. The number of halogens is 2. The fourth-order valence-electron chi connectivity index (χ4n) is 3.49. The van der Waals surface area contributed by atoms with Crippen molar-refractivity contribution in [3.63, 3.8) is 0 Å². The molecule has 170 valence electrons. The zero-order chi connectivity index (χ0) is 23.4. The van der Waals surface area contributed by atoms with E-state index in [2.05, 4.69) is 20.6 Å². The molecule has 1 atom stereocenters. The number of cyclic esters (lactones) is 1. The molecule has 1 aromatic heterocycles. The third-order valence-electron chi connectivity index (χ3n) is 4.92. The van der Waals surface area contributed by atoms with E-state index in [-0.39, 0.29) is 29.5 Å². The summed E-state index contributed by atoms with van der Waals surface area (Å²) in [6.07, 6.45) is 4.38. The highest BCUT2D eigenvalue weighted by atomic mass is 35.5. The Kier molecular flexibility index (Phi) is 6.81. The zero-order valence-electron chi connectivity index (χ0n) is 17.7. The van der Waals surface area contributed by atoms with Crippen LogP contribution in [-0.4, -0.2) is 52.5 Å². The molecule has 0 radical (unpaired) electrons. The molecule has 0 bridgehead atoms. The van der Waals surface area contributed by atoms with Crippen molar-refractivity contribution in [2.24, 2.45) is 0 Å². The van der Waals surface area contributed by atoms with Crippen LogP contribution in [0.25, 0.3) is 10.9 Å². The number of aromatic nitrogens is 2. The van der Waals surface area contributed by atoms with Crippen molar-refractivity contribution < 1.29 is 18.7 Å². The van der Waals surface area contributed by atoms with E-state index >= 15 is 0 Å². The smallest absolute Gasteiger partial charge is 0.320 e. The van der Waals surface area contributed by atoms with Gasteiger partial charge in [0.1, 0.15) is 24.1 Å².